The minimum absolute atomic E-state index is 0.0471. The Labute approximate surface area is 121 Å². The maximum atomic E-state index is 9.66. The highest BCUT2D eigenvalue weighted by Crippen LogP contribution is 2.38. The summed E-state index contributed by atoms with van der Waals surface area (Å²) in [5, 5.41) is 13.5. The first-order valence-corrected chi connectivity index (χ1v) is 8.50. The molecule has 0 spiro atoms. The quantitative estimate of drug-likeness (QED) is 0.838. The van der Waals surface area contributed by atoms with Crippen LogP contribution in [-0.4, -0.2) is 29.8 Å². The third-order valence-corrected chi connectivity index (χ3v) is 5.05. The number of thioether (sulfide) groups is 1. The number of aliphatic hydroxyl groups excluding tert-OH is 1. The molecule has 0 bridgehead atoms. The Morgan fingerprint density at radius 3 is 2.79 bits per heavy atom. The lowest BCUT2D eigenvalue weighted by Crippen LogP contribution is -2.44. The molecule has 0 aromatic heterocycles. The Balaban J connectivity index is 2.09. The third-order valence-electron chi connectivity index (χ3n) is 4.38. The van der Waals surface area contributed by atoms with Crippen molar-refractivity contribution >= 4 is 11.8 Å². The van der Waals surface area contributed by atoms with Crippen molar-refractivity contribution in [1.29, 1.82) is 0 Å². The highest BCUT2D eigenvalue weighted by Gasteiger charge is 2.39. The molecule has 2 N–H and O–H groups in total. The molecule has 0 aliphatic heterocycles. The van der Waals surface area contributed by atoms with Crippen LogP contribution in [0.1, 0.15) is 37.8 Å². The van der Waals surface area contributed by atoms with Crippen LogP contribution in [0.4, 0.5) is 0 Å². The van der Waals surface area contributed by atoms with E-state index in [1.807, 2.05) is 11.8 Å². The molecule has 0 heterocycles. The molecule has 1 aromatic rings. The Bertz CT molecular complexity index is 384. The number of rotatable bonds is 6. The third kappa shape index (κ3) is 3.53. The molecule has 2 rings (SSSR count). The molecular weight excluding hydrogens is 254 g/mol. The van der Waals surface area contributed by atoms with Gasteiger partial charge in [-0.15, -0.1) is 0 Å². The summed E-state index contributed by atoms with van der Waals surface area (Å²) in [5.41, 5.74) is 1.40. The van der Waals surface area contributed by atoms with Crippen LogP contribution in [0.15, 0.2) is 30.3 Å². The fourth-order valence-corrected chi connectivity index (χ4v) is 3.66. The normalized spacial score (nSPS) is 28.5. The minimum Gasteiger partial charge on any atom is -0.396 e. The maximum absolute atomic E-state index is 9.66. The summed E-state index contributed by atoms with van der Waals surface area (Å²) in [7, 11) is 0. The lowest BCUT2D eigenvalue weighted by atomic mass is 9.85. The summed E-state index contributed by atoms with van der Waals surface area (Å²) < 4.78 is 0. The van der Waals surface area contributed by atoms with Crippen LogP contribution >= 0.6 is 11.8 Å². The van der Waals surface area contributed by atoms with E-state index in [2.05, 4.69) is 48.8 Å². The van der Waals surface area contributed by atoms with Gasteiger partial charge in [0.15, 0.2) is 0 Å². The number of nitrogens with one attached hydrogen (secondary N) is 1. The Kier molecular flexibility index (Phi) is 5.31. The van der Waals surface area contributed by atoms with Gasteiger partial charge in [-0.05, 0) is 24.7 Å². The molecule has 3 heteroatoms. The molecule has 1 aliphatic rings. The highest BCUT2D eigenvalue weighted by atomic mass is 32.2. The number of aliphatic hydroxyl groups is 1. The second-order valence-electron chi connectivity index (χ2n) is 5.84. The van der Waals surface area contributed by atoms with Crippen LogP contribution < -0.4 is 5.32 Å². The average molecular weight is 279 g/mol. The molecule has 1 aromatic carbocycles. The van der Waals surface area contributed by atoms with E-state index in [9.17, 15) is 5.11 Å². The van der Waals surface area contributed by atoms with Crippen molar-refractivity contribution in [2.45, 2.75) is 38.3 Å². The van der Waals surface area contributed by atoms with Crippen molar-refractivity contribution in [2.24, 2.45) is 5.41 Å². The smallest absolute Gasteiger partial charge is 0.0499 e. The van der Waals surface area contributed by atoms with Crippen LogP contribution in [-0.2, 0) is 0 Å². The second kappa shape index (κ2) is 6.78. The number of benzene rings is 1. The Morgan fingerprint density at radius 2 is 2.16 bits per heavy atom. The summed E-state index contributed by atoms with van der Waals surface area (Å²) in [6.45, 7) is 2.49. The van der Waals surface area contributed by atoms with Crippen LogP contribution in [0.2, 0.25) is 0 Å². The van der Waals surface area contributed by atoms with Gasteiger partial charge in [0.2, 0.25) is 0 Å². The van der Waals surface area contributed by atoms with Gasteiger partial charge < -0.3 is 10.4 Å². The van der Waals surface area contributed by atoms with E-state index in [0.717, 1.165) is 12.2 Å². The van der Waals surface area contributed by atoms with E-state index >= 15 is 0 Å². The molecule has 3 atom stereocenters. The van der Waals surface area contributed by atoms with Crippen molar-refractivity contribution in [1.82, 2.24) is 5.32 Å². The van der Waals surface area contributed by atoms with Gasteiger partial charge in [-0.2, -0.15) is 11.8 Å². The van der Waals surface area contributed by atoms with Gasteiger partial charge in [-0.1, -0.05) is 43.7 Å². The van der Waals surface area contributed by atoms with Crippen LogP contribution in [0, 0.1) is 5.41 Å². The molecular formula is C16H25NOS. The monoisotopic (exact) mass is 279 g/mol. The zero-order chi connectivity index (χ0) is 13.7. The van der Waals surface area contributed by atoms with E-state index in [0.29, 0.717) is 12.1 Å². The van der Waals surface area contributed by atoms with E-state index in [-0.39, 0.29) is 12.0 Å². The zero-order valence-corrected chi connectivity index (χ0v) is 12.7. The lowest BCUT2D eigenvalue weighted by Gasteiger charge is -2.33. The van der Waals surface area contributed by atoms with Crippen molar-refractivity contribution in [2.75, 3.05) is 18.6 Å². The molecule has 2 nitrogen and oxygen atoms in total. The Hall–Kier alpha value is -0.510. The second-order valence-corrected chi connectivity index (χ2v) is 6.75. The maximum Gasteiger partial charge on any atom is 0.0499 e. The summed E-state index contributed by atoms with van der Waals surface area (Å²) in [6, 6.07) is 11.5. The van der Waals surface area contributed by atoms with Crippen LogP contribution in [0.5, 0.6) is 0 Å². The fourth-order valence-electron chi connectivity index (χ4n) is 3.04. The van der Waals surface area contributed by atoms with Gasteiger partial charge in [0.05, 0.1) is 0 Å². The van der Waals surface area contributed by atoms with Crippen molar-refractivity contribution in [3.05, 3.63) is 35.9 Å². The fraction of sp³-hybridized carbons (Fsp3) is 0.625. The standard InChI is InChI=1S/C16H25NOS/c1-16(12-18)10-6-9-15(16)17-14(11-19-2)13-7-4-3-5-8-13/h3-5,7-8,14-15,17-18H,6,9-12H2,1-2H3. The first-order chi connectivity index (χ1) is 9.19. The zero-order valence-electron chi connectivity index (χ0n) is 11.9. The summed E-state index contributed by atoms with van der Waals surface area (Å²) >= 11 is 1.87. The largest absolute Gasteiger partial charge is 0.396 e. The molecule has 3 unspecified atom stereocenters. The van der Waals surface area contributed by atoms with Crippen molar-refractivity contribution < 1.29 is 5.11 Å². The number of hydrogen-bond acceptors (Lipinski definition) is 3. The molecule has 1 aliphatic carbocycles. The molecule has 1 fully saturated rings. The van der Waals surface area contributed by atoms with E-state index in [1.165, 1.54) is 18.4 Å². The highest BCUT2D eigenvalue weighted by molar-refractivity contribution is 7.98. The molecule has 1 saturated carbocycles. The summed E-state index contributed by atoms with van der Waals surface area (Å²) in [4.78, 5) is 0. The van der Waals surface area contributed by atoms with Gasteiger partial charge in [-0.25, -0.2) is 0 Å². The molecule has 0 radical (unpaired) electrons. The van der Waals surface area contributed by atoms with Crippen LogP contribution in [0.3, 0.4) is 0 Å². The predicted octanol–water partition coefficient (Wildman–Crippen LogP) is 3.23. The average Bonchev–Trinajstić information content (AvgIpc) is 2.81. The van der Waals surface area contributed by atoms with E-state index in [1.54, 1.807) is 0 Å². The topological polar surface area (TPSA) is 32.3 Å². The van der Waals surface area contributed by atoms with Crippen LogP contribution in [0.25, 0.3) is 0 Å². The van der Waals surface area contributed by atoms with Crippen molar-refractivity contribution in [3.63, 3.8) is 0 Å². The molecule has 0 amide bonds. The van der Waals surface area contributed by atoms with Gasteiger partial charge in [0.1, 0.15) is 0 Å². The summed E-state index contributed by atoms with van der Waals surface area (Å²) in [5.74, 6) is 1.07. The molecule has 19 heavy (non-hydrogen) atoms. The minimum atomic E-state index is 0.0471. The lowest BCUT2D eigenvalue weighted by molar-refractivity contribution is 0.114. The van der Waals surface area contributed by atoms with Gasteiger partial charge in [-0.3, -0.25) is 0 Å². The summed E-state index contributed by atoms with van der Waals surface area (Å²) in [6.07, 6.45) is 5.67. The molecule has 106 valence electrons. The predicted molar refractivity (Wildman–Crippen MR) is 83.5 cm³/mol. The van der Waals surface area contributed by atoms with Gasteiger partial charge in [0, 0.05) is 29.9 Å². The van der Waals surface area contributed by atoms with Gasteiger partial charge in [0.25, 0.3) is 0 Å². The van der Waals surface area contributed by atoms with Gasteiger partial charge >= 0.3 is 0 Å². The van der Waals surface area contributed by atoms with E-state index in [4.69, 9.17) is 0 Å². The first-order valence-electron chi connectivity index (χ1n) is 7.10. The SMILES string of the molecule is CSCC(NC1CCCC1(C)CO)c1ccccc1. The molecule has 0 saturated heterocycles. The van der Waals surface area contributed by atoms with E-state index < -0.39 is 0 Å². The number of hydrogen-bond donors (Lipinski definition) is 2. The Morgan fingerprint density at radius 1 is 1.42 bits per heavy atom. The van der Waals surface area contributed by atoms with Crippen molar-refractivity contribution in [3.8, 4) is 0 Å². The first kappa shape index (κ1) is 14.9.